The normalized spacial score (nSPS) is 18.8. The lowest BCUT2D eigenvalue weighted by Crippen LogP contribution is -2.34. The molecule has 2 N–H and O–H groups in total. The van der Waals surface area contributed by atoms with Crippen LogP contribution < -0.4 is 15.5 Å². The Kier molecular flexibility index (Phi) is 6.85. The molecule has 0 radical (unpaired) electrons. The second-order valence-corrected chi connectivity index (χ2v) is 12.1. The topological polar surface area (TPSA) is 104 Å². The Labute approximate surface area is 198 Å². The molecule has 33 heavy (non-hydrogen) atoms. The van der Waals surface area contributed by atoms with Crippen LogP contribution in [-0.4, -0.2) is 57.2 Å². The number of hydrogen-bond acceptors (Lipinski definition) is 8. The Morgan fingerprint density at radius 3 is 2.48 bits per heavy atom. The van der Waals surface area contributed by atoms with Gasteiger partial charge in [-0.05, 0) is 55.9 Å². The molecule has 0 aliphatic heterocycles. The molecule has 0 unspecified atom stereocenters. The van der Waals surface area contributed by atoms with E-state index >= 15 is 0 Å². The second-order valence-electron chi connectivity index (χ2n) is 8.75. The summed E-state index contributed by atoms with van der Waals surface area (Å²) in [4.78, 5) is 24.3. The fourth-order valence-electron chi connectivity index (χ4n) is 4.12. The zero-order valence-corrected chi connectivity index (χ0v) is 20.7. The number of amides is 1. The zero-order chi connectivity index (χ0) is 23.6. The number of benzene rings is 1. The van der Waals surface area contributed by atoms with Crippen LogP contribution in [0, 0.1) is 5.92 Å². The highest BCUT2D eigenvalue weighted by atomic mass is 32.2. The molecular formula is C23H29N5O3S2. The van der Waals surface area contributed by atoms with Gasteiger partial charge in [0.25, 0.3) is 5.91 Å². The number of sulfone groups is 1. The molecule has 10 heteroatoms. The molecule has 2 heterocycles. The fourth-order valence-corrected chi connectivity index (χ4v) is 5.97. The maximum absolute atomic E-state index is 12.4. The average molecular weight is 488 g/mol. The molecule has 0 atom stereocenters. The van der Waals surface area contributed by atoms with Crippen molar-refractivity contribution in [3.05, 3.63) is 41.3 Å². The fraction of sp³-hybridized carbons (Fsp3) is 0.435. The quantitative estimate of drug-likeness (QED) is 0.525. The number of aromatic nitrogens is 2. The predicted octanol–water partition coefficient (Wildman–Crippen LogP) is 3.56. The summed E-state index contributed by atoms with van der Waals surface area (Å²) in [5, 5.41) is 7.50. The largest absolute Gasteiger partial charge is 0.362 e. The summed E-state index contributed by atoms with van der Waals surface area (Å²) < 4.78 is 23.4. The minimum Gasteiger partial charge on any atom is -0.362 e. The lowest BCUT2D eigenvalue weighted by molar-refractivity contribution is 0.0947. The highest BCUT2D eigenvalue weighted by molar-refractivity contribution is 7.92. The first-order valence-electron chi connectivity index (χ1n) is 11.0. The molecule has 1 aliphatic carbocycles. The molecule has 1 aliphatic rings. The van der Waals surface area contributed by atoms with Crippen molar-refractivity contribution in [1.29, 1.82) is 0 Å². The van der Waals surface area contributed by atoms with Crippen LogP contribution in [0.25, 0.3) is 10.9 Å². The Balaban J connectivity index is 1.30. The number of para-hydroxylation sites is 1. The van der Waals surface area contributed by atoms with Gasteiger partial charge < -0.3 is 15.5 Å². The summed E-state index contributed by atoms with van der Waals surface area (Å²) in [6.45, 7) is 0.592. The van der Waals surface area contributed by atoms with E-state index in [0.29, 0.717) is 29.3 Å². The van der Waals surface area contributed by atoms with Crippen molar-refractivity contribution in [3.8, 4) is 0 Å². The Hall–Kier alpha value is -2.72. The van der Waals surface area contributed by atoms with E-state index in [9.17, 15) is 13.2 Å². The molecule has 1 fully saturated rings. The predicted molar refractivity (Wildman–Crippen MR) is 133 cm³/mol. The number of carbonyl (C=O) groups is 1. The van der Waals surface area contributed by atoms with Crippen LogP contribution >= 0.6 is 11.3 Å². The van der Waals surface area contributed by atoms with Gasteiger partial charge in [0.15, 0.2) is 9.84 Å². The van der Waals surface area contributed by atoms with Gasteiger partial charge in [-0.2, -0.15) is 4.98 Å². The molecule has 8 nitrogen and oxygen atoms in total. The standard InChI is InChI=1S/C23H29N5O3S2/c1-28(2)21-17-6-4-5-7-18(17)26-23(27-21)25-16-10-8-15(9-11-16)14-24-22(29)19-12-13-20(32-19)33(3,30)31/h4-7,12-13,15-16H,8-11,14H2,1-3H3,(H,24,29)(H,25,26,27). The molecule has 0 spiro atoms. The van der Waals surface area contributed by atoms with Gasteiger partial charge >= 0.3 is 0 Å². The van der Waals surface area contributed by atoms with Gasteiger partial charge in [-0.15, -0.1) is 11.3 Å². The van der Waals surface area contributed by atoms with Gasteiger partial charge in [0.05, 0.1) is 10.4 Å². The highest BCUT2D eigenvalue weighted by Gasteiger charge is 2.23. The molecule has 3 aromatic rings. The second kappa shape index (κ2) is 9.64. The SMILES string of the molecule is CN(C)c1nc(NC2CCC(CNC(=O)c3ccc(S(C)(=O)=O)s3)CC2)nc2ccccc12. The average Bonchev–Trinajstić information content (AvgIpc) is 3.29. The van der Waals surface area contributed by atoms with Crippen molar-refractivity contribution in [2.75, 3.05) is 37.1 Å². The van der Waals surface area contributed by atoms with Gasteiger partial charge in [0.2, 0.25) is 5.95 Å². The summed E-state index contributed by atoms with van der Waals surface area (Å²) in [7, 11) is 0.681. The van der Waals surface area contributed by atoms with Crippen LogP contribution in [0.15, 0.2) is 40.6 Å². The Bertz CT molecular complexity index is 1250. The maximum Gasteiger partial charge on any atom is 0.261 e. The number of anilines is 2. The van der Waals surface area contributed by atoms with Crippen LogP contribution in [-0.2, 0) is 9.84 Å². The van der Waals surface area contributed by atoms with Gasteiger partial charge in [-0.25, -0.2) is 13.4 Å². The van der Waals surface area contributed by atoms with Crippen molar-refractivity contribution < 1.29 is 13.2 Å². The number of carbonyl (C=O) groups excluding carboxylic acids is 1. The van der Waals surface area contributed by atoms with Crippen LogP contribution in [0.4, 0.5) is 11.8 Å². The number of nitrogens with zero attached hydrogens (tertiary/aromatic N) is 3. The number of hydrogen-bond donors (Lipinski definition) is 2. The first kappa shape index (κ1) is 23.4. The van der Waals surface area contributed by atoms with Crippen molar-refractivity contribution in [2.24, 2.45) is 5.92 Å². The van der Waals surface area contributed by atoms with E-state index in [1.807, 2.05) is 43.3 Å². The summed E-state index contributed by atoms with van der Waals surface area (Å²) in [6, 6.07) is 11.4. The number of rotatable bonds is 7. The van der Waals surface area contributed by atoms with Gasteiger partial charge in [0.1, 0.15) is 10.0 Å². The van der Waals surface area contributed by atoms with Crippen molar-refractivity contribution in [3.63, 3.8) is 0 Å². The smallest absolute Gasteiger partial charge is 0.261 e. The van der Waals surface area contributed by atoms with E-state index in [4.69, 9.17) is 9.97 Å². The van der Waals surface area contributed by atoms with E-state index in [-0.39, 0.29) is 10.1 Å². The number of thiophene rings is 1. The molecule has 0 bridgehead atoms. The van der Waals surface area contributed by atoms with E-state index in [2.05, 4.69) is 10.6 Å². The Morgan fingerprint density at radius 1 is 1.09 bits per heavy atom. The third-order valence-corrected chi connectivity index (χ3v) is 8.81. The Morgan fingerprint density at radius 2 is 1.82 bits per heavy atom. The van der Waals surface area contributed by atoms with Crippen LogP contribution in [0.3, 0.4) is 0 Å². The number of fused-ring (bicyclic) bond motifs is 1. The van der Waals surface area contributed by atoms with Gasteiger partial charge in [-0.1, -0.05) is 12.1 Å². The summed E-state index contributed by atoms with van der Waals surface area (Å²) in [5.74, 6) is 1.73. The zero-order valence-electron chi connectivity index (χ0n) is 19.0. The lowest BCUT2D eigenvalue weighted by Gasteiger charge is -2.29. The van der Waals surface area contributed by atoms with Crippen LogP contribution in [0.1, 0.15) is 35.4 Å². The van der Waals surface area contributed by atoms with Gasteiger partial charge in [-0.3, -0.25) is 4.79 Å². The molecule has 4 rings (SSSR count). The van der Waals surface area contributed by atoms with Gasteiger partial charge in [0, 0.05) is 38.3 Å². The van der Waals surface area contributed by atoms with Crippen LogP contribution in [0.5, 0.6) is 0 Å². The maximum atomic E-state index is 12.4. The van der Waals surface area contributed by atoms with Crippen LogP contribution in [0.2, 0.25) is 0 Å². The third kappa shape index (κ3) is 5.62. The van der Waals surface area contributed by atoms with E-state index in [1.165, 1.54) is 6.07 Å². The number of nitrogens with one attached hydrogen (secondary N) is 2. The molecule has 176 valence electrons. The van der Waals surface area contributed by atoms with E-state index in [1.54, 1.807) is 6.07 Å². The van der Waals surface area contributed by atoms with Crippen molar-refractivity contribution in [2.45, 2.75) is 35.9 Å². The third-order valence-electron chi connectivity index (χ3n) is 5.91. The summed E-state index contributed by atoms with van der Waals surface area (Å²) in [6.07, 6.45) is 5.09. The molecule has 1 saturated carbocycles. The first-order valence-corrected chi connectivity index (χ1v) is 13.7. The highest BCUT2D eigenvalue weighted by Crippen LogP contribution is 2.28. The molecular weight excluding hydrogens is 458 g/mol. The van der Waals surface area contributed by atoms with Crippen molar-refractivity contribution in [1.82, 2.24) is 15.3 Å². The summed E-state index contributed by atoms with van der Waals surface area (Å²) >= 11 is 1.01. The minimum atomic E-state index is -3.28. The molecule has 1 amide bonds. The van der Waals surface area contributed by atoms with E-state index in [0.717, 1.165) is 60.0 Å². The van der Waals surface area contributed by atoms with E-state index < -0.39 is 9.84 Å². The van der Waals surface area contributed by atoms with Crippen molar-refractivity contribution >= 4 is 49.8 Å². The molecule has 0 saturated heterocycles. The first-order chi connectivity index (χ1) is 15.7. The summed E-state index contributed by atoms with van der Waals surface area (Å²) in [5.41, 5.74) is 0.919. The monoisotopic (exact) mass is 487 g/mol. The minimum absolute atomic E-state index is 0.212. The lowest BCUT2D eigenvalue weighted by atomic mass is 9.86. The molecule has 1 aromatic carbocycles. The molecule has 2 aromatic heterocycles.